The van der Waals surface area contributed by atoms with E-state index in [1.807, 2.05) is 0 Å². The fourth-order valence-electron chi connectivity index (χ4n) is 4.22. The van der Waals surface area contributed by atoms with E-state index >= 15 is 0 Å². The Morgan fingerprint density at radius 3 is 2.36 bits per heavy atom. The summed E-state index contributed by atoms with van der Waals surface area (Å²) < 4.78 is 47.3. The summed E-state index contributed by atoms with van der Waals surface area (Å²) in [6, 6.07) is 2.13. The van der Waals surface area contributed by atoms with Gasteiger partial charge >= 0.3 is 6.16 Å². The Morgan fingerprint density at radius 1 is 1.14 bits per heavy atom. The fourth-order valence-corrected chi connectivity index (χ4v) is 4.92. The highest BCUT2D eigenvalue weighted by molar-refractivity contribution is 7.87. The first kappa shape index (κ1) is 33.6. The highest BCUT2D eigenvalue weighted by Crippen LogP contribution is 2.38. The van der Waals surface area contributed by atoms with Crippen molar-refractivity contribution in [2.75, 3.05) is 26.8 Å². The van der Waals surface area contributed by atoms with Crippen LogP contribution in [0.1, 0.15) is 50.7 Å². The molecule has 0 radical (unpaired) electrons. The second kappa shape index (κ2) is 14.1. The van der Waals surface area contributed by atoms with E-state index in [2.05, 4.69) is 10.2 Å². The number of nitrogens with zero attached hydrogens (tertiary/aromatic N) is 3. The SMILES string of the molecule is COc1cc(C(C)OC(=O)ON2C(=O)CC(S(=O)(=O)O)C2=O)c([N+](=O)[O-])cc1OCCCC(=O)NCCN1C(=O)CCC1=O. The van der Waals surface area contributed by atoms with Crippen molar-refractivity contribution in [2.45, 2.75) is 50.4 Å². The lowest BCUT2D eigenvalue weighted by molar-refractivity contribution is -0.386. The van der Waals surface area contributed by atoms with Crippen LogP contribution in [0.4, 0.5) is 10.5 Å². The van der Waals surface area contributed by atoms with Gasteiger partial charge in [0.05, 0.1) is 36.7 Å². The largest absolute Gasteiger partial charge is 0.534 e. The summed E-state index contributed by atoms with van der Waals surface area (Å²) in [7, 11) is -3.72. The summed E-state index contributed by atoms with van der Waals surface area (Å²) in [6.07, 6.45) is -3.59. The number of nitro benzene ring substituents is 1. The number of imide groups is 2. The van der Waals surface area contributed by atoms with Crippen LogP contribution in [-0.2, 0) is 43.7 Å². The van der Waals surface area contributed by atoms with Crippen molar-refractivity contribution in [3.8, 4) is 11.5 Å². The molecule has 2 N–H and O–H groups in total. The Morgan fingerprint density at radius 2 is 1.80 bits per heavy atom. The molecule has 1 aromatic rings. The molecule has 2 aliphatic heterocycles. The molecular weight excluding hydrogens is 616 g/mol. The number of likely N-dealkylation sites (tertiary alicyclic amines) is 1. The average Bonchev–Trinajstić information content (AvgIpc) is 3.42. The topological polar surface area (TPSA) is 255 Å². The minimum Gasteiger partial charge on any atom is -0.493 e. The molecule has 19 nitrogen and oxygen atoms in total. The van der Waals surface area contributed by atoms with Crippen LogP contribution in [0.15, 0.2) is 12.1 Å². The van der Waals surface area contributed by atoms with Crippen molar-refractivity contribution in [3.63, 3.8) is 0 Å². The lowest BCUT2D eigenvalue weighted by Crippen LogP contribution is -2.37. The van der Waals surface area contributed by atoms with Gasteiger partial charge in [-0.2, -0.15) is 8.42 Å². The molecule has 20 heteroatoms. The number of hydroxylamine groups is 2. The number of carbonyl (C=O) groups excluding carboxylic acids is 6. The Labute approximate surface area is 249 Å². The molecule has 2 aliphatic rings. The number of methoxy groups -OCH3 is 1. The van der Waals surface area contributed by atoms with Crippen LogP contribution in [0.25, 0.3) is 0 Å². The van der Waals surface area contributed by atoms with E-state index in [-0.39, 0.29) is 85.2 Å². The van der Waals surface area contributed by atoms with Gasteiger partial charge in [-0.25, -0.2) is 4.79 Å². The predicted octanol–water partition coefficient (Wildman–Crippen LogP) is 0.172. The van der Waals surface area contributed by atoms with E-state index in [4.69, 9.17) is 18.8 Å². The van der Waals surface area contributed by atoms with Gasteiger partial charge in [-0.1, -0.05) is 5.06 Å². The van der Waals surface area contributed by atoms with Crippen LogP contribution in [-0.4, -0.2) is 95.6 Å². The van der Waals surface area contributed by atoms with E-state index in [1.165, 1.54) is 14.0 Å². The zero-order valence-electron chi connectivity index (χ0n) is 23.4. The Bertz CT molecular complexity index is 1460. The third kappa shape index (κ3) is 8.16. The molecule has 2 atom stereocenters. The highest BCUT2D eigenvalue weighted by Gasteiger charge is 2.48. The van der Waals surface area contributed by atoms with Gasteiger partial charge in [0, 0.05) is 32.4 Å². The molecule has 5 amide bonds. The van der Waals surface area contributed by atoms with Crippen LogP contribution < -0.4 is 14.8 Å². The Kier molecular flexibility index (Phi) is 10.8. The number of hydrogen-bond acceptors (Lipinski definition) is 14. The van der Waals surface area contributed by atoms with Crippen molar-refractivity contribution in [2.24, 2.45) is 0 Å². The molecule has 2 unspecified atom stereocenters. The summed E-state index contributed by atoms with van der Waals surface area (Å²) in [4.78, 5) is 88.0. The summed E-state index contributed by atoms with van der Waals surface area (Å²) in [5.41, 5.74) is -0.787. The third-order valence-electron chi connectivity index (χ3n) is 6.43. The second-order valence-corrected chi connectivity index (χ2v) is 11.0. The van der Waals surface area contributed by atoms with Gasteiger partial charge in [-0.3, -0.25) is 48.4 Å². The number of carbonyl (C=O) groups is 6. The predicted molar refractivity (Wildman–Crippen MR) is 141 cm³/mol. The summed E-state index contributed by atoms with van der Waals surface area (Å²) in [5.74, 6) is -3.82. The van der Waals surface area contributed by atoms with Crippen molar-refractivity contribution in [3.05, 3.63) is 27.8 Å². The van der Waals surface area contributed by atoms with Crippen LogP contribution >= 0.6 is 0 Å². The number of nitro groups is 1. The van der Waals surface area contributed by atoms with Gasteiger partial charge in [0.2, 0.25) is 17.7 Å². The van der Waals surface area contributed by atoms with Crippen LogP contribution in [0.3, 0.4) is 0 Å². The molecule has 0 bridgehead atoms. The lowest BCUT2D eigenvalue weighted by atomic mass is 10.1. The molecular formula is C24H28N4O15S. The number of hydrogen-bond donors (Lipinski definition) is 2. The molecule has 0 spiro atoms. The molecule has 2 fully saturated rings. The van der Waals surface area contributed by atoms with Crippen molar-refractivity contribution in [1.29, 1.82) is 0 Å². The molecule has 0 aliphatic carbocycles. The molecule has 1 aromatic carbocycles. The zero-order chi connectivity index (χ0) is 32.8. The zero-order valence-corrected chi connectivity index (χ0v) is 24.2. The van der Waals surface area contributed by atoms with Gasteiger partial charge in [0.15, 0.2) is 16.7 Å². The molecule has 3 rings (SSSR count). The average molecular weight is 645 g/mol. The Hall–Kier alpha value is -4.85. The van der Waals surface area contributed by atoms with Gasteiger partial charge in [0.25, 0.3) is 27.6 Å². The first-order chi connectivity index (χ1) is 20.6. The van der Waals surface area contributed by atoms with Crippen LogP contribution in [0.5, 0.6) is 11.5 Å². The van der Waals surface area contributed by atoms with Gasteiger partial charge in [0.1, 0.15) is 6.10 Å². The normalized spacial score (nSPS) is 17.5. The first-order valence-corrected chi connectivity index (χ1v) is 14.4. The third-order valence-corrected chi connectivity index (χ3v) is 7.51. The number of amides is 5. The number of nitrogens with one attached hydrogen (secondary N) is 1. The monoisotopic (exact) mass is 644 g/mol. The number of ether oxygens (including phenoxy) is 3. The fraction of sp³-hybridized carbons (Fsp3) is 0.500. The summed E-state index contributed by atoms with van der Waals surface area (Å²) >= 11 is 0. The molecule has 240 valence electrons. The number of benzene rings is 1. The van der Waals surface area contributed by atoms with E-state index in [0.29, 0.717) is 0 Å². The van der Waals surface area contributed by atoms with Gasteiger partial charge in [-0.05, 0) is 19.4 Å². The highest BCUT2D eigenvalue weighted by atomic mass is 32.2. The summed E-state index contributed by atoms with van der Waals surface area (Å²) in [5, 5.41) is 12.0. The van der Waals surface area contributed by atoms with E-state index in [9.17, 15) is 47.3 Å². The van der Waals surface area contributed by atoms with Crippen molar-refractivity contribution in [1.82, 2.24) is 15.3 Å². The maximum atomic E-state index is 12.2. The standard InChI is InChI=1S/C24H28N4O15S/c1-13(42-24(34)43-27-22(32)12-18(23(27)33)44(37,38)39)14-10-16(40-2)17(11-15(14)28(35)36)41-9-3-4-19(29)25-7-8-26-20(30)5-6-21(26)31/h10-11,13,18H,3-9,12H2,1-2H3,(H,25,29)(H,37,38,39). The first-order valence-electron chi connectivity index (χ1n) is 12.9. The molecule has 0 saturated carbocycles. The Balaban J connectivity index is 1.56. The van der Waals surface area contributed by atoms with Gasteiger partial charge < -0.3 is 19.5 Å². The maximum Gasteiger partial charge on any atom is 0.534 e. The smallest absolute Gasteiger partial charge is 0.493 e. The quantitative estimate of drug-likeness (QED) is 0.0683. The van der Waals surface area contributed by atoms with Crippen molar-refractivity contribution < 1.29 is 65.7 Å². The lowest BCUT2D eigenvalue weighted by Gasteiger charge is -2.18. The molecule has 2 heterocycles. The van der Waals surface area contributed by atoms with Crippen LogP contribution in [0, 0.1) is 10.1 Å². The van der Waals surface area contributed by atoms with Crippen LogP contribution in [0.2, 0.25) is 0 Å². The van der Waals surface area contributed by atoms with Gasteiger partial charge in [-0.15, -0.1) is 0 Å². The minimum absolute atomic E-state index is 0.00434. The van der Waals surface area contributed by atoms with Crippen molar-refractivity contribution >= 4 is 51.5 Å². The van der Waals surface area contributed by atoms with E-state index in [0.717, 1.165) is 17.0 Å². The number of rotatable bonds is 14. The second-order valence-electron chi connectivity index (χ2n) is 9.40. The maximum absolute atomic E-state index is 12.2. The van der Waals surface area contributed by atoms with E-state index < -0.39 is 56.5 Å². The molecule has 44 heavy (non-hydrogen) atoms. The summed E-state index contributed by atoms with van der Waals surface area (Å²) in [6.45, 7) is 1.29. The molecule has 2 saturated heterocycles. The minimum atomic E-state index is -4.96. The van der Waals surface area contributed by atoms with E-state index in [1.54, 1.807) is 0 Å². The molecule has 0 aromatic heterocycles.